The van der Waals surface area contributed by atoms with Crippen molar-refractivity contribution in [1.29, 1.82) is 0 Å². The second-order valence-corrected chi connectivity index (χ2v) is 4.68. The molecule has 2 aliphatic rings. The third-order valence-electron chi connectivity index (χ3n) is 3.52. The van der Waals surface area contributed by atoms with Crippen molar-refractivity contribution in [3.63, 3.8) is 0 Å². The van der Waals surface area contributed by atoms with Crippen LogP contribution in [0.5, 0.6) is 0 Å². The summed E-state index contributed by atoms with van der Waals surface area (Å²) >= 11 is 0. The molecule has 3 rings (SSSR count). The molecule has 1 radical (unpaired) electrons. The lowest BCUT2D eigenvalue weighted by molar-refractivity contribution is 0.568. The fourth-order valence-electron chi connectivity index (χ4n) is 2.56. The van der Waals surface area contributed by atoms with Gasteiger partial charge in [-0.2, -0.15) is 0 Å². The Hall–Kier alpha value is -1.09. The number of nitrogens with zero attached hydrogens (tertiary/aromatic N) is 3. The van der Waals surface area contributed by atoms with E-state index in [1.54, 1.807) is 0 Å². The average molecular weight is 216 g/mol. The van der Waals surface area contributed by atoms with Crippen LogP contribution < -0.4 is 10.2 Å². The second-order valence-electron chi connectivity index (χ2n) is 4.68. The van der Waals surface area contributed by atoms with Gasteiger partial charge in [0, 0.05) is 38.3 Å². The highest BCUT2D eigenvalue weighted by Crippen LogP contribution is 2.21. The molecule has 0 unspecified atom stereocenters. The summed E-state index contributed by atoms with van der Waals surface area (Å²) < 4.78 is 0. The van der Waals surface area contributed by atoms with Gasteiger partial charge in [0.25, 0.3) is 0 Å². The molecule has 3 heterocycles. The number of piperidine rings is 1. The summed E-state index contributed by atoms with van der Waals surface area (Å²) in [5.41, 5.74) is 2.60. The van der Waals surface area contributed by atoms with Crippen LogP contribution in [0.2, 0.25) is 0 Å². The predicted molar refractivity (Wildman–Crippen MR) is 64.7 cm³/mol. The highest BCUT2D eigenvalue weighted by molar-refractivity contribution is 5.42. The lowest BCUT2D eigenvalue weighted by atomic mass is 10.1. The summed E-state index contributed by atoms with van der Waals surface area (Å²) in [5.74, 6) is 1.18. The summed E-state index contributed by atoms with van der Waals surface area (Å²) in [4.78, 5) is 7.23. The molecular weight excluding hydrogens is 198 g/mol. The molecule has 2 aliphatic heterocycles. The summed E-state index contributed by atoms with van der Waals surface area (Å²) in [6.07, 6.45) is 5.03. The van der Waals surface area contributed by atoms with E-state index < -0.39 is 0 Å². The highest BCUT2D eigenvalue weighted by atomic mass is 15.2. The van der Waals surface area contributed by atoms with Crippen molar-refractivity contribution in [3.05, 3.63) is 23.4 Å². The van der Waals surface area contributed by atoms with Crippen LogP contribution in [-0.4, -0.2) is 24.6 Å². The van der Waals surface area contributed by atoms with E-state index in [2.05, 4.69) is 22.3 Å². The highest BCUT2D eigenvalue weighted by Gasteiger charge is 2.15. The largest absolute Gasteiger partial charge is 0.357 e. The number of pyridine rings is 1. The van der Waals surface area contributed by atoms with Gasteiger partial charge in [0.2, 0.25) is 0 Å². The molecule has 85 valence electrons. The minimum absolute atomic E-state index is 0.864. The molecule has 0 saturated carbocycles. The first kappa shape index (κ1) is 10.1. The van der Waals surface area contributed by atoms with Gasteiger partial charge in [-0.05, 0) is 30.9 Å². The molecule has 0 N–H and O–H groups in total. The van der Waals surface area contributed by atoms with Crippen molar-refractivity contribution in [2.75, 3.05) is 24.5 Å². The van der Waals surface area contributed by atoms with Crippen LogP contribution in [0.4, 0.5) is 5.82 Å². The zero-order valence-electron chi connectivity index (χ0n) is 9.65. The fourth-order valence-corrected chi connectivity index (χ4v) is 2.56. The maximum Gasteiger partial charge on any atom is 0.128 e. The van der Waals surface area contributed by atoms with Crippen LogP contribution >= 0.6 is 0 Å². The molecule has 16 heavy (non-hydrogen) atoms. The molecule has 1 saturated heterocycles. The third kappa shape index (κ3) is 1.92. The molecule has 1 aromatic rings. The zero-order valence-corrected chi connectivity index (χ0v) is 9.65. The topological polar surface area (TPSA) is 30.2 Å². The van der Waals surface area contributed by atoms with Gasteiger partial charge in [0.05, 0.1) is 0 Å². The van der Waals surface area contributed by atoms with E-state index in [1.807, 2.05) is 0 Å². The van der Waals surface area contributed by atoms with E-state index in [4.69, 9.17) is 4.98 Å². The molecule has 0 aromatic carbocycles. The van der Waals surface area contributed by atoms with E-state index in [0.717, 1.165) is 19.5 Å². The average Bonchev–Trinajstić information content (AvgIpc) is 2.39. The minimum Gasteiger partial charge on any atom is -0.357 e. The normalized spacial score (nSPS) is 20.6. The number of rotatable bonds is 1. The van der Waals surface area contributed by atoms with Gasteiger partial charge < -0.3 is 4.90 Å². The summed E-state index contributed by atoms with van der Waals surface area (Å²) in [6, 6.07) is 4.39. The number of hydrogen-bond acceptors (Lipinski definition) is 2. The first-order valence-corrected chi connectivity index (χ1v) is 6.30. The summed E-state index contributed by atoms with van der Waals surface area (Å²) in [5, 5.41) is 4.41. The first-order valence-electron chi connectivity index (χ1n) is 6.30. The molecule has 0 spiro atoms. The van der Waals surface area contributed by atoms with Gasteiger partial charge in [-0.25, -0.2) is 10.3 Å². The molecule has 0 amide bonds. The quantitative estimate of drug-likeness (QED) is 0.715. The number of aromatic nitrogens is 1. The Bertz CT molecular complexity index is 369. The molecular formula is C13H18N3. The van der Waals surface area contributed by atoms with Gasteiger partial charge in [0.15, 0.2) is 0 Å². The van der Waals surface area contributed by atoms with Crippen LogP contribution in [-0.2, 0) is 13.0 Å². The SMILES string of the molecule is c1cc2c(nc1N1CCCCC1)CC[N]C2. The molecule has 3 heteroatoms. The predicted octanol–water partition coefficient (Wildman–Crippen LogP) is 1.73. The number of anilines is 1. The fraction of sp³-hybridized carbons (Fsp3) is 0.615. The standard InChI is InChI=1S/C13H18N3/c1-2-8-16(9-3-1)13-5-4-11-10-14-7-6-12(11)15-13/h4-5H,1-3,6-10H2. The Labute approximate surface area is 96.9 Å². The van der Waals surface area contributed by atoms with E-state index >= 15 is 0 Å². The number of fused-ring (bicyclic) bond motifs is 1. The molecule has 1 aromatic heterocycles. The van der Waals surface area contributed by atoms with Crippen LogP contribution in [0.15, 0.2) is 12.1 Å². The maximum atomic E-state index is 4.80. The van der Waals surface area contributed by atoms with Gasteiger partial charge in [-0.3, -0.25) is 0 Å². The lowest BCUT2D eigenvalue weighted by Crippen LogP contribution is -2.31. The Kier molecular flexibility index (Phi) is 2.79. The Balaban J connectivity index is 1.84. The van der Waals surface area contributed by atoms with Crippen molar-refractivity contribution in [3.8, 4) is 0 Å². The van der Waals surface area contributed by atoms with Gasteiger partial charge in [-0.1, -0.05) is 6.07 Å². The van der Waals surface area contributed by atoms with Crippen molar-refractivity contribution >= 4 is 5.82 Å². The van der Waals surface area contributed by atoms with Crippen LogP contribution in [0.25, 0.3) is 0 Å². The Morgan fingerprint density at radius 2 is 1.94 bits per heavy atom. The second kappa shape index (κ2) is 4.42. The molecule has 0 atom stereocenters. The Morgan fingerprint density at radius 3 is 2.81 bits per heavy atom. The van der Waals surface area contributed by atoms with Crippen LogP contribution in [0, 0.1) is 0 Å². The summed E-state index contributed by atoms with van der Waals surface area (Å²) in [7, 11) is 0. The van der Waals surface area contributed by atoms with Crippen molar-refractivity contribution in [2.24, 2.45) is 0 Å². The van der Waals surface area contributed by atoms with E-state index in [-0.39, 0.29) is 0 Å². The van der Waals surface area contributed by atoms with E-state index in [1.165, 1.54) is 49.4 Å². The molecule has 0 bridgehead atoms. The van der Waals surface area contributed by atoms with E-state index in [9.17, 15) is 0 Å². The third-order valence-corrected chi connectivity index (χ3v) is 3.52. The number of hydrogen-bond donors (Lipinski definition) is 0. The lowest BCUT2D eigenvalue weighted by Gasteiger charge is -2.28. The van der Waals surface area contributed by atoms with Crippen molar-refractivity contribution in [2.45, 2.75) is 32.2 Å². The zero-order chi connectivity index (χ0) is 10.8. The van der Waals surface area contributed by atoms with Gasteiger partial charge in [0.1, 0.15) is 5.82 Å². The van der Waals surface area contributed by atoms with Crippen LogP contribution in [0.3, 0.4) is 0 Å². The Morgan fingerprint density at radius 1 is 1.06 bits per heavy atom. The van der Waals surface area contributed by atoms with Crippen LogP contribution in [0.1, 0.15) is 30.5 Å². The molecule has 1 fully saturated rings. The minimum atomic E-state index is 0.864. The van der Waals surface area contributed by atoms with Gasteiger partial charge in [-0.15, -0.1) is 0 Å². The van der Waals surface area contributed by atoms with Crippen molar-refractivity contribution < 1.29 is 0 Å². The van der Waals surface area contributed by atoms with Crippen molar-refractivity contribution in [1.82, 2.24) is 10.3 Å². The molecule has 3 nitrogen and oxygen atoms in total. The van der Waals surface area contributed by atoms with Gasteiger partial charge >= 0.3 is 0 Å². The van der Waals surface area contributed by atoms with E-state index in [0.29, 0.717) is 0 Å². The monoisotopic (exact) mass is 216 g/mol. The summed E-state index contributed by atoms with van der Waals surface area (Å²) in [6.45, 7) is 4.17. The maximum absolute atomic E-state index is 4.80. The first-order chi connectivity index (χ1) is 7.93. The smallest absolute Gasteiger partial charge is 0.128 e. The molecule has 0 aliphatic carbocycles.